The zero-order chi connectivity index (χ0) is 11.1. The molecule has 2 atom stereocenters. The molecule has 5 heteroatoms. The highest BCUT2D eigenvalue weighted by Crippen LogP contribution is 2.43. The van der Waals surface area contributed by atoms with E-state index in [1.807, 2.05) is 11.6 Å². The lowest BCUT2D eigenvalue weighted by molar-refractivity contribution is -0.144. The molecule has 1 saturated heterocycles. The molecule has 2 fully saturated rings. The average molecular weight is 238 g/mol. The van der Waals surface area contributed by atoms with E-state index in [1.54, 1.807) is 11.3 Å². The van der Waals surface area contributed by atoms with Gasteiger partial charge in [-0.2, -0.15) is 0 Å². The fourth-order valence-corrected chi connectivity index (χ4v) is 3.82. The van der Waals surface area contributed by atoms with Gasteiger partial charge in [0.1, 0.15) is 0 Å². The van der Waals surface area contributed by atoms with Gasteiger partial charge in [0.15, 0.2) is 5.13 Å². The van der Waals surface area contributed by atoms with Crippen molar-refractivity contribution in [3.8, 4) is 0 Å². The summed E-state index contributed by atoms with van der Waals surface area (Å²) in [6.45, 7) is 1.72. The summed E-state index contributed by atoms with van der Waals surface area (Å²) in [6.07, 6.45) is 3.93. The molecule has 1 N–H and O–H groups in total. The minimum atomic E-state index is -0.605. The summed E-state index contributed by atoms with van der Waals surface area (Å²) in [7, 11) is 0. The van der Waals surface area contributed by atoms with Crippen LogP contribution in [-0.4, -0.2) is 29.1 Å². The smallest absolute Gasteiger partial charge is 0.307 e. The Morgan fingerprint density at radius 1 is 1.44 bits per heavy atom. The Hall–Kier alpha value is -1.10. The van der Waals surface area contributed by atoms with Crippen LogP contribution in [0.3, 0.4) is 0 Å². The van der Waals surface area contributed by atoms with Crippen LogP contribution in [0.25, 0.3) is 0 Å². The number of aromatic nitrogens is 1. The summed E-state index contributed by atoms with van der Waals surface area (Å²) in [5.74, 6) is -0.0807. The summed E-state index contributed by atoms with van der Waals surface area (Å²) >= 11 is 1.64. The Labute approximate surface area is 97.9 Å². The molecule has 2 unspecified atom stereocenters. The van der Waals surface area contributed by atoms with Crippen molar-refractivity contribution >= 4 is 22.4 Å². The van der Waals surface area contributed by atoms with E-state index in [-0.39, 0.29) is 5.92 Å². The molecule has 3 rings (SSSR count). The maximum atomic E-state index is 11.2. The standard InChI is InChI=1S/C11H14N2O2S/c14-10(15)9-7-1-2-8(9)6-13(5-7)11-12-3-4-16-11/h3-4,7-9H,1-2,5-6H2,(H,14,15). The van der Waals surface area contributed by atoms with E-state index in [0.29, 0.717) is 11.8 Å². The maximum Gasteiger partial charge on any atom is 0.307 e. The Morgan fingerprint density at radius 2 is 2.12 bits per heavy atom. The van der Waals surface area contributed by atoms with Crippen molar-refractivity contribution in [3.63, 3.8) is 0 Å². The number of carboxylic acids is 1. The second-order valence-corrected chi connectivity index (χ2v) is 5.55. The molecule has 1 aliphatic carbocycles. The van der Waals surface area contributed by atoms with Gasteiger partial charge in [-0.05, 0) is 24.7 Å². The maximum absolute atomic E-state index is 11.2. The number of fused-ring (bicyclic) bond motifs is 2. The van der Waals surface area contributed by atoms with Gasteiger partial charge in [0.2, 0.25) is 0 Å². The average Bonchev–Trinajstić information content (AvgIpc) is 2.85. The molecule has 1 aliphatic heterocycles. The van der Waals surface area contributed by atoms with Crippen LogP contribution in [0.1, 0.15) is 12.8 Å². The number of aliphatic carboxylic acids is 1. The third-order valence-corrected chi connectivity index (χ3v) is 4.64. The molecule has 0 amide bonds. The predicted octanol–water partition coefficient (Wildman–Crippen LogP) is 1.69. The van der Waals surface area contributed by atoms with Gasteiger partial charge in [-0.25, -0.2) is 4.98 Å². The number of piperidine rings is 1. The molecule has 86 valence electrons. The lowest BCUT2D eigenvalue weighted by Gasteiger charge is -2.35. The van der Waals surface area contributed by atoms with E-state index < -0.39 is 5.97 Å². The second-order valence-electron chi connectivity index (χ2n) is 4.68. The number of nitrogens with zero attached hydrogens (tertiary/aromatic N) is 2. The third kappa shape index (κ3) is 1.50. The summed E-state index contributed by atoms with van der Waals surface area (Å²) in [4.78, 5) is 17.7. The third-order valence-electron chi connectivity index (χ3n) is 3.81. The van der Waals surface area contributed by atoms with Gasteiger partial charge in [-0.1, -0.05) is 0 Å². The number of hydrogen-bond acceptors (Lipinski definition) is 4. The molecule has 0 aromatic carbocycles. The molecule has 1 saturated carbocycles. The molecule has 1 aromatic heterocycles. The van der Waals surface area contributed by atoms with E-state index in [1.165, 1.54) is 0 Å². The van der Waals surface area contributed by atoms with Crippen LogP contribution in [-0.2, 0) is 4.79 Å². The number of carboxylic acid groups (broad SMARTS) is 1. The van der Waals surface area contributed by atoms with E-state index >= 15 is 0 Å². The summed E-state index contributed by atoms with van der Waals surface area (Å²) < 4.78 is 0. The number of hydrogen-bond donors (Lipinski definition) is 1. The number of anilines is 1. The fraction of sp³-hybridized carbons (Fsp3) is 0.636. The predicted molar refractivity (Wildman–Crippen MR) is 61.7 cm³/mol. The fourth-order valence-electron chi connectivity index (χ4n) is 3.15. The monoisotopic (exact) mass is 238 g/mol. The van der Waals surface area contributed by atoms with Crippen molar-refractivity contribution in [1.82, 2.24) is 4.98 Å². The highest BCUT2D eigenvalue weighted by molar-refractivity contribution is 7.13. The largest absolute Gasteiger partial charge is 0.481 e. The van der Waals surface area contributed by atoms with Gasteiger partial charge in [-0.15, -0.1) is 11.3 Å². The van der Waals surface area contributed by atoms with E-state index in [0.717, 1.165) is 31.1 Å². The molecule has 4 nitrogen and oxygen atoms in total. The van der Waals surface area contributed by atoms with E-state index in [4.69, 9.17) is 0 Å². The van der Waals surface area contributed by atoms with Gasteiger partial charge in [-0.3, -0.25) is 4.79 Å². The van der Waals surface area contributed by atoms with E-state index in [2.05, 4.69) is 9.88 Å². The molecular formula is C11H14N2O2S. The summed E-state index contributed by atoms with van der Waals surface area (Å²) in [5.41, 5.74) is 0. The molecule has 0 spiro atoms. The van der Waals surface area contributed by atoms with Crippen LogP contribution in [0, 0.1) is 17.8 Å². The SMILES string of the molecule is O=C(O)C1C2CCC1CN(c1nccs1)C2. The van der Waals surface area contributed by atoms with Crippen LogP contribution >= 0.6 is 11.3 Å². The van der Waals surface area contributed by atoms with Gasteiger partial charge in [0, 0.05) is 24.7 Å². The highest BCUT2D eigenvalue weighted by Gasteiger charge is 2.46. The van der Waals surface area contributed by atoms with Crippen LogP contribution in [0.2, 0.25) is 0 Å². The first-order valence-corrected chi connectivity index (χ1v) is 6.51. The quantitative estimate of drug-likeness (QED) is 0.852. The van der Waals surface area contributed by atoms with Crippen molar-refractivity contribution < 1.29 is 9.90 Å². The van der Waals surface area contributed by atoms with Crippen LogP contribution in [0.4, 0.5) is 5.13 Å². The molecule has 16 heavy (non-hydrogen) atoms. The molecule has 2 heterocycles. The van der Waals surface area contributed by atoms with Crippen molar-refractivity contribution in [1.29, 1.82) is 0 Å². The molecule has 2 bridgehead atoms. The van der Waals surface area contributed by atoms with E-state index in [9.17, 15) is 9.90 Å². The number of thiazole rings is 1. The molecule has 2 aliphatic rings. The van der Waals surface area contributed by atoms with Crippen LogP contribution < -0.4 is 4.90 Å². The number of rotatable bonds is 2. The zero-order valence-electron chi connectivity index (χ0n) is 8.87. The molecule has 1 aromatic rings. The van der Waals surface area contributed by atoms with Crippen molar-refractivity contribution in [2.24, 2.45) is 17.8 Å². The topological polar surface area (TPSA) is 53.4 Å². The van der Waals surface area contributed by atoms with Gasteiger partial charge < -0.3 is 10.0 Å². The summed E-state index contributed by atoms with van der Waals surface area (Å²) in [5, 5.41) is 12.2. The lowest BCUT2D eigenvalue weighted by Crippen LogP contribution is -2.44. The molecule has 0 radical (unpaired) electrons. The first-order valence-electron chi connectivity index (χ1n) is 5.63. The zero-order valence-corrected chi connectivity index (χ0v) is 9.69. The van der Waals surface area contributed by atoms with Crippen molar-refractivity contribution in [2.75, 3.05) is 18.0 Å². The van der Waals surface area contributed by atoms with Gasteiger partial charge >= 0.3 is 5.97 Å². The van der Waals surface area contributed by atoms with Crippen molar-refractivity contribution in [3.05, 3.63) is 11.6 Å². The highest BCUT2D eigenvalue weighted by atomic mass is 32.1. The first kappa shape index (κ1) is 10.1. The number of carbonyl (C=O) groups is 1. The second kappa shape index (κ2) is 3.73. The minimum absolute atomic E-state index is 0.115. The summed E-state index contributed by atoms with van der Waals surface area (Å²) in [6, 6.07) is 0. The Morgan fingerprint density at radius 3 is 2.62 bits per heavy atom. The van der Waals surface area contributed by atoms with Gasteiger partial charge in [0.05, 0.1) is 5.92 Å². The lowest BCUT2D eigenvalue weighted by atomic mass is 9.85. The normalized spacial score (nSPS) is 33.0. The minimum Gasteiger partial charge on any atom is -0.481 e. The Bertz CT molecular complexity index is 379. The van der Waals surface area contributed by atoms with Crippen LogP contribution in [0.15, 0.2) is 11.6 Å². The molecular weight excluding hydrogens is 224 g/mol. The first-order chi connectivity index (χ1) is 7.75. The van der Waals surface area contributed by atoms with Crippen LogP contribution in [0.5, 0.6) is 0 Å². The van der Waals surface area contributed by atoms with Crippen molar-refractivity contribution in [2.45, 2.75) is 12.8 Å². The van der Waals surface area contributed by atoms with Gasteiger partial charge in [0.25, 0.3) is 0 Å². The Balaban J connectivity index is 1.80. The Kier molecular flexibility index (Phi) is 2.35.